The van der Waals surface area contributed by atoms with E-state index in [2.05, 4.69) is 31.0 Å². The second-order valence-electron chi connectivity index (χ2n) is 18.9. The predicted molar refractivity (Wildman–Crippen MR) is 270 cm³/mol. The van der Waals surface area contributed by atoms with Gasteiger partial charge in [0.15, 0.2) is 0 Å². The molecule has 378 valence electrons. The van der Waals surface area contributed by atoms with E-state index < -0.39 is 29.7 Å². The third-order valence-corrected chi connectivity index (χ3v) is 14.1. The standard InChI is InChI=1S/C57H75FN4O8/c1-4-7-8-9-10-11-12-13-14-17-32-60-56(66)69-46-30-31-51-49(37-46)53-47(21-16-19-34-64)44(20-15-18-33-63)36-48-50(61-68-6-3)38-52(57(70-51,54(48)53)67-35-5-2)62(40-42-24-28-45(58)29-25-42)55(65)43-26-22-41(39-59)23-27-43/h5,22-31,36-37,44,47,52-54,63-64H,2,4,6-21,32-35,38,40H2,1,3H3,(H,60,66). The second-order valence-corrected chi connectivity index (χ2v) is 18.9. The molecule has 6 atom stereocenters. The molecule has 1 fully saturated rings. The predicted octanol–water partition coefficient (Wildman–Crippen LogP) is 11.7. The minimum absolute atomic E-state index is 0.00236. The molecule has 0 bridgehead atoms. The molecule has 13 heteroatoms. The summed E-state index contributed by atoms with van der Waals surface area (Å²) in [4.78, 5) is 36.2. The number of allylic oxidation sites excluding steroid dienone is 1. The van der Waals surface area contributed by atoms with Gasteiger partial charge in [-0.1, -0.05) is 107 Å². The fourth-order valence-corrected chi connectivity index (χ4v) is 10.8. The maximum absolute atomic E-state index is 15.3. The van der Waals surface area contributed by atoms with Crippen molar-refractivity contribution in [2.75, 3.05) is 33.0 Å². The number of ether oxygens (including phenoxy) is 3. The first-order valence-electron chi connectivity index (χ1n) is 25.9. The van der Waals surface area contributed by atoms with E-state index >= 15 is 4.79 Å². The Kier molecular flexibility index (Phi) is 21.3. The molecule has 0 radical (unpaired) electrons. The summed E-state index contributed by atoms with van der Waals surface area (Å²) in [5.74, 6) is -2.48. The van der Waals surface area contributed by atoms with Crippen LogP contribution in [0.5, 0.6) is 11.5 Å². The fraction of sp³-hybridized carbons (Fsp3) is 0.544. The minimum Gasteiger partial charge on any atom is -0.459 e. The van der Waals surface area contributed by atoms with Gasteiger partial charge in [-0.3, -0.25) is 4.79 Å². The van der Waals surface area contributed by atoms with Gasteiger partial charge < -0.3 is 39.5 Å². The van der Waals surface area contributed by atoms with E-state index in [4.69, 9.17) is 24.2 Å². The number of amides is 2. The molecule has 0 spiro atoms. The van der Waals surface area contributed by atoms with Crippen LogP contribution in [0.2, 0.25) is 0 Å². The SMILES string of the molecule is C=CCOC12Oc3ccc(OC(=O)NCCCCCCCCCCCC)cc3C3C(CCCCO)C(CCCCO)C=C(C(=NOCC)CC1N(Cc1ccc(F)cc1)C(=O)c1ccc(C#N)cc1)C32. The lowest BCUT2D eigenvalue weighted by molar-refractivity contribution is -0.255. The minimum atomic E-state index is -1.56. The first kappa shape index (κ1) is 53.8. The van der Waals surface area contributed by atoms with Crippen LogP contribution in [0, 0.1) is 34.9 Å². The van der Waals surface area contributed by atoms with Crippen molar-refractivity contribution >= 4 is 17.7 Å². The third-order valence-electron chi connectivity index (χ3n) is 14.1. The summed E-state index contributed by atoms with van der Waals surface area (Å²) in [6.45, 7) is 9.14. The van der Waals surface area contributed by atoms with Crippen LogP contribution in [0.4, 0.5) is 9.18 Å². The molecule has 1 saturated carbocycles. The van der Waals surface area contributed by atoms with E-state index in [-0.39, 0.29) is 56.4 Å². The summed E-state index contributed by atoms with van der Waals surface area (Å²) in [5.41, 5.74) is 3.71. The van der Waals surface area contributed by atoms with Crippen LogP contribution in [-0.4, -0.2) is 77.6 Å². The summed E-state index contributed by atoms with van der Waals surface area (Å²) in [5, 5.41) is 37.3. The number of carbonyl (C=O) groups is 2. The Morgan fingerprint density at radius 3 is 2.26 bits per heavy atom. The first-order valence-corrected chi connectivity index (χ1v) is 25.9. The van der Waals surface area contributed by atoms with Crippen LogP contribution in [0.15, 0.2) is 96.2 Å². The molecule has 6 unspecified atom stereocenters. The Morgan fingerprint density at radius 2 is 1.60 bits per heavy atom. The van der Waals surface area contributed by atoms with E-state index in [0.717, 1.165) is 56.1 Å². The molecule has 1 aliphatic heterocycles. The van der Waals surface area contributed by atoms with E-state index in [1.165, 1.54) is 57.1 Å². The highest BCUT2D eigenvalue weighted by molar-refractivity contribution is 6.03. The van der Waals surface area contributed by atoms with Crippen LogP contribution in [0.1, 0.15) is 156 Å². The molecule has 6 rings (SSSR count). The third kappa shape index (κ3) is 13.9. The van der Waals surface area contributed by atoms with Gasteiger partial charge in [0, 0.05) is 49.8 Å². The topological polar surface area (TPSA) is 163 Å². The summed E-state index contributed by atoms with van der Waals surface area (Å²) < 4.78 is 34.9. The summed E-state index contributed by atoms with van der Waals surface area (Å²) in [7, 11) is 0. The number of aliphatic hydroxyl groups is 2. The molecule has 3 aromatic carbocycles. The van der Waals surface area contributed by atoms with E-state index in [1.54, 1.807) is 53.4 Å². The highest BCUT2D eigenvalue weighted by atomic mass is 19.1. The van der Waals surface area contributed by atoms with Crippen molar-refractivity contribution in [2.24, 2.45) is 22.9 Å². The Hall–Kier alpha value is -5.55. The molecule has 12 nitrogen and oxygen atoms in total. The largest absolute Gasteiger partial charge is 0.459 e. The van der Waals surface area contributed by atoms with Gasteiger partial charge in [-0.05, 0) is 117 Å². The van der Waals surface area contributed by atoms with Crippen molar-refractivity contribution < 1.29 is 43.2 Å². The number of oxime groups is 1. The molecule has 1 heterocycles. The number of fused-ring (bicyclic) bond motifs is 2. The van der Waals surface area contributed by atoms with Crippen molar-refractivity contribution in [1.82, 2.24) is 10.2 Å². The molecular weight excluding hydrogens is 888 g/mol. The number of rotatable bonds is 29. The number of hydrogen-bond donors (Lipinski definition) is 3. The highest BCUT2D eigenvalue weighted by Gasteiger charge is 2.65. The van der Waals surface area contributed by atoms with Gasteiger partial charge in [0.05, 0.1) is 29.9 Å². The fourth-order valence-electron chi connectivity index (χ4n) is 10.8. The number of hydrogen-bond acceptors (Lipinski definition) is 10. The summed E-state index contributed by atoms with van der Waals surface area (Å²) in [6.07, 6.45) is 19.7. The number of aliphatic hydroxyl groups excluding tert-OH is 2. The van der Waals surface area contributed by atoms with Crippen LogP contribution in [0.25, 0.3) is 0 Å². The summed E-state index contributed by atoms with van der Waals surface area (Å²) in [6, 6.07) is 19.2. The number of benzene rings is 3. The molecule has 0 aromatic heterocycles. The molecule has 2 amide bonds. The van der Waals surface area contributed by atoms with Gasteiger partial charge in [-0.25, -0.2) is 9.18 Å². The van der Waals surface area contributed by atoms with Crippen LogP contribution < -0.4 is 14.8 Å². The van der Waals surface area contributed by atoms with Gasteiger partial charge >= 0.3 is 6.09 Å². The lowest BCUT2D eigenvalue weighted by atomic mass is 9.55. The maximum atomic E-state index is 15.3. The number of carbonyl (C=O) groups excluding carboxylic acids is 2. The molecule has 0 saturated heterocycles. The number of nitrogens with one attached hydrogen (secondary N) is 1. The molecule has 2 aliphatic carbocycles. The molecule has 3 aromatic rings. The molecule has 3 aliphatic rings. The second kappa shape index (κ2) is 27.7. The number of halogens is 1. The van der Waals surface area contributed by atoms with Gasteiger partial charge in [0.2, 0.25) is 5.79 Å². The van der Waals surface area contributed by atoms with Gasteiger partial charge in [-0.15, -0.1) is 6.58 Å². The monoisotopic (exact) mass is 963 g/mol. The van der Waals surface area contributed by atoms with E-state index in [1.807, 2.05) is 19.1 Å². The number of unbranched alkanes of at least 4 members (excludes halogenated alkanes) is 11. The Labute approximate surface area is 414 Å². The van der Waals surface area contributed by atoms with Gasteiger partial charge in [0.25, 0.3) is 5.91 Å². The maximum Gasteiger partial charge on any atom is 0.412 e. The average Bonchev–Trinajstić information content (AvgIpc) is 3.37. The van der Waals surface area contributed by atoms with Gasteiger partial charge in [-0.2, -0.15) is 5.26 Å². The number of nitriles is 1. The van der Waals surface area contributed by atoms with Crippen LogP contribution in [0.3, 0.4) is 0 Å². The van der Waals surface area contributed by atoms with Crippen LogP contribution >= 0.6 is 0 Å². The van der Waals surface area contributed by atoms with Crippen molar-refractivity contribution in [1.29, 1.82) is 5.26 Å². The van der Waals surface area contributed by atoms with E-state index in [9.17, 15) is 24.7 Å². The lowest BCUT2D eigenvalue weighted by Gasteiger charge is -2.60. The van der Waals surface area contributed by atoms with Crippen LogP contribution in [-0.2, 0) is 16.1 Å². The van der Waals surface area contributed by atoms with Crippen molar-refractivity contribution in [2.45, 2.75) is 147 Å². The smallest absolute Gasteiger partial charge is 0.412 e. The first-order chi connectivity index (χ1) is 34.2. The lowest BCUT2D eigenvalue weighted by Crippen LogP contribution is -2.70. The van der Waals surface area contributed by atoms with Crippen molar-refractivity contribution in [3.8, 4) is 17.6 Å². The quantitative estimate of drug-likeness (QED) is 0.0349. The Bertz CT molecular complexity index is 2240. The average molecular weight is 963 g/mol. The van der Waals surface area contributed by atoms with Crippen molar-refractivity contribution in [3.63, 3.8) is 0 Å². The Balaban J connectivity index is 1.43. The zero-order valence-electron chi connectivity index (χ0n) is 41.4. The van der Waals surface area contributed by atoms with Gasteiger partial charge in [0.1, 0.15) is 30.0 Å². The zero-order valence-corrected chi connectivity index (χ0v) is 41.4. The zero-order chi connectivity index (χ0) is 49.7. The summed E-state index contributed by atoms with van der Waals surface area (Å²) >= 11 is 0. The number of nitrogens with zero attached hydrogens (tertiary/aromatic N) is 3. The van der Waals surface area contributed by atoms with Crippen molar-refractivity contribution in [3.05, 3.63) is 119 Å². The van der Waals surface area contributed by atoms with E-state index in [0.29, 0.717) is 59.9 Å². The highest BCUT2D eigenvalue weighted by Crippen LogP contribution is 2.62. The molecule has 70 heavy (non-hydrogen) atoms. The molecular formula is C57H75FN4O8. The normalized spacial score (nSPS) is 21.6. The Morgan fingerprint density at radius 1 is 0.914 bits per heavy atom. The molecule has 3 N–H and O–H groups in total.